The number of hydrogen-bond acceptors (Lipinski definition) is 2. The molecule has 1 unspecified atom stereocenters. The maximum atomic E-state index is 5.81. The van der Waals surface area contributed by atoms with Gasteiger partial charge in [-0.15, -0.1) is 0 Å². The highest BCUT2D eigenvalue weighted by Gasteiger charge is 2.19. The summed E-state index contributed by atoms with van der Waals surface area (Å²) < 4.78 is 0. The molecular formula is C9H6ClNS. The van der Waals surface area contributed by atoms with Gasteiger partial charge in [0.1, 0.15) is 0 Å². The van der Waals surface area contributed by atoms with Gasteiger partial charge in [0.25, 0.3) is 0 Å². The van der Waals surface area contributed by atoms with Crippen LogP contribution in [-0.4, -0.2) is 10.6 Å². The summed E-state index contributed by atoms with van der Waals surface area (Å²) >= 11 is 11.0. The maximum absolute atomic E-state index is 5.81. The summed E-state index contributed by atoms with van der Waals surface area (Å²) in [5.41, 5.74) is 0.940. The highest BCUT2D eigenvalue weighted by atomic mass is 35.5. The minimum absolute atomic E-state index is 0.160. The number of allylic oxidation sites excluding steroid dienone is 5. The third kappa shape index (κ3) is 1.28. The Morgan fingerprint density at radius 1 is 1.42 bits per heavy atom. The van der Waals surface area contributed by atoms with Gasteiger partial charge >= 0.3 is 0 Å². The lowest BCUT2D eigenvalue weighted by Gasteiger charge is -2.17. The van der Waals surface area contributed by atoms with Gasteiger partial charge in [-0.25, -0.2) is 0 Å². The van der Waals surface area contributed by atoms with Crippen LogP contribution in [0.4, 0.5) is 0 Å². The summed E-state index contributed by atoms with van der Waals surface area (Å²) in [4.78, 5) is 5.09. The van der Waals surface area contributed by atoms with E-state index in [0.29, 0.717) is 5.03 Å². The van der Waals surface area contributed by atoms with E-state index in [1.165, 1.54) is 0 Å². The Labute approximate surface area is 81.1 Å². The molecule has 0 saturated heterocycles. The number of hydrogen-bond donors (Lipinski definition) is 0. The molecule has 1 heterocycles. The zero-order chi connectivity index (χ0) is 8.55. The third-order valence-corrected chi connectivity index (χ3v) is 2.45. The van der Waals surface area contributed by atoms with Crippen LogP contribution < -0.4 is 0 Å². The van der Waals surface area contributed by atoms with Crippen LogP contribution in [-0.2, 0) is 0 Å². The first-order valence-electron chi connectivity index (χ1n) is 3.61. The molecule has 60 valence electrons. The molecule has 0 saturated carbocycles. The molecule has 1 aliphatic heterocycles. The topological polar surface area (TPSA) is 12.4 Å². The van der Waals surface area contributed by atoms with Crippen molar-refractivity contribution in [3.05, 3.63) is 35.5 Å². The Bertz CT molecular complexity index is 350. The van der Waals surface area contributed by atoms with E-state index in [2.05, 4.69) is 4.99 Å². The lowest BCUT2D eigenvalue weighted by atomic mass is 9.93. The zero-order valence-electron chi connectivity index (χ0n) is 6.20. The lowest BCUT2D eigenvalue weighted by Crippen LogP contribution is -2.21. The van der Waals surface area contributed by atoms with E-state index >= 15 is 0 Å². The molecule has 0 aromatic heterocycles. The Hall–Kier alpha value is -0.730. The Kier molecular flexibility index (Phi) is 1.95. The summed E-state index contributed by atoms with van der Waals surface area (Å²) in [5.74, 6) is 0.160. The van der Waals surface area contributed by atoms with E-state index in [0.717, 1.165) is 10.6 Å². The van der Waals surface area contributed by atoms with Crippen LogP contribution in [0.1, 0.15) is 0 Å². The van der Waals surface area contributed by atoms with Gasteiger partial charge in [0.2, 0.25) is 0 Å². The van der Waals surface area contributed by atoms with Crippen molar-refractivity contribution in [2.24, 2.45) is 10.9 Å². The summed E-state index contributed by atoms with van der Waals surface area (Å²) in [5, 5.41) is 0.711. The van der Waals surface area contributed by atoms with Gasteiger partial charge in [0.05, 0.1) is 11.6 Å². The van der Waals surface area contributed by atoms with Crippen LogP contribution in [0.5, 0.6) is 0 Å². The van der Waals surface area contributed by atoms with Gasteiger partial charge in [-0.3, -0.25) is 4.99 Å². The van der Waals surface area contributed by atoms with Gasteiger partial charge in [-0.05, 0) is 18.2 Å². The molecule has 1 atom stereocenters. The van der Waals surface area contributed by atoms with Crippen molar-refractivity contribution in [1.29, 1.82) is 0 Å². The average molecular weight is 196 g/mol. The first kappa shape index (κ1) is 7.90. The number of rotatable bonds is 0. The van der Waals surface area contributed by atoms with Gasteiger partial charge in [-0.2, -0.15) is 0 Å². The van der Waals surface area contributed by atoms with E-state index in [4.69, 9.17) is 23.8 Å². The molecule has 1 nitrogen and oxygen atoms in total. The molecule has 1 aliphatic carbocycles. The summed E-state index contributed by atoms with van der Waals surface area (Å²) in [6.07, 6.45) is 9.25. The molecule has 0 amide bonds. The number of aliphatic imine (C=N–C) groups is 1. The Morgan fingerprint density at radius 2 is 2.25 bits per heavy atom. The van der Waals surface area contributed by atoms with Crippen molar-refractivity contribution in [3.8, 4) is 0 Å². The van der Waals surface area contributed by atoms with Gasteiger partial charge in [-0.1, -0.05) is 29.9 Å². The monoisotopic (exact) mass is 195 g/mol. The lowest BCUT2D eigenvalue weighted by molar-refractivity contribution is 1.20. The second-order valence-electron chi connectivity index (χ2n) is 2.64. The van der Waals surface area contributed by atoms with E-state index in [1.54, 1.807) is 6.20 Å². The minimum atomic E-state index is 0.160. The van der Waals surface area contributed by atoms with Crippen molar-refractivity contribution in [3.63, 3.8) is 0 Å². The predicted octanol–water partition coefficient (Wildman–Crippen LogP) is 2.63. The fourth-order valence-electron chi connectivity index (χ4n) is 1.22. The number of halogens is 1. The smallest absolute Gasteiger partial charge is 0.0550 e. The standard InChI is InChI=1S/C9H6ClNS/c10-6-1-2-7-8(5-6)11-4-3-9(7)12/h1-5,7H. The summed E-state index contributed by atoms with van der Waals surface area (Å²) in [6.45, 7) is 0. The summed E-state index contributed by atoms with van der Waals surface area (Å²) in [6, 6.07) is 0. The van der Waals surface area contributed by atoms with Crippen LogP contribution in [0.25, 0.3) is 0 Å². The SMILES string of the molecule is S=C1C=CN=C2C=C(Cl)C=CC12. The van der Waals surface area contributed by atoms with Gasteiger partial charge in [0, 0.05) is 16.1 Å². The third-order valence-electron chi connectivity index (χ3n) is 1.82. The van der Waals surface area contributed by atoms with Crippen molar-refractivity contribution in [1.82, 2.24) is 0 Å². The van der Waals surface area contributed by atoms with Crippen molar-refractivity contribution < 1.29 is 0 Å². The van der Waals surface area contributed by atoms with E-state index in [1.807, 2.05) is 24.3 Å². The molecule has 0 aromatic rings. The van der Waals surface area contributed by atoms with Crippen molar-refractivity contribution in [2.75, 3.05) is 0 Å². The van der Waals surface area contributed by atoms with Crippen LogP contribution in [0.2, 0.25) is 0 Å². The van der Waals surface area contributed by atoms with Crippen LogP contribution in [0.3, 0.4) is 0 Å². The second kappa shape index (κ2) is 2.96. The second-order valence-corrected chi connectivity index (χ2v) is 3.55. The average Bonchev–Trinajstić information content (AvgIpc) is 2.04. The number of fused-ring (bicyclic) bond motifs is 1. The molecule has 0 fully saturated rings. The molecule has 12 heavy (non-hydrogen) atoms. The highest BCUT2D eigenvalue weighted by Crippen LogP contribution is 2.21. The van der Waals surface area contributed by atoms with Gasteiger partial charge in [0.15, 0.2) is 0 Å². The van der Waals surface area contributed by atoms with E-state index < -0.39 is 0 Å². The quantitative estimate of drug-likeness (QED) is 0.542. The number of nitrogens with zero attached hydrogens (tertiary/aromatic N) is 1. The molecule has 0 aromatic carbocycles. The van der Waals surface area contributed by atoms with Gasteiger partial charge < -0.3 is 0 Å². The molecule has 0 radical (unpaired) electrons. The largest absolute Gasteiger partial charge is 0.260 e. The van der Waals surface area contributed by atoms with Crippen LogP contribution >= 0.6 is 23.8 Å². The van der Waals surface area contributed by atoms with Crippen molar-refractivity contribution in [2.45, 2.75) is 0 Å². The fraction of sp³-hybridized carbons (Fsp3) is 0.111. The van der Waals surface area contributed by atoms with Crippen molar-refractivity contribution >= 4 is 34.4 Å². The molecular weight excluding hydrogens is 190 g/mol. The Morgan fingerprint density at radius 3 is 3.08 bits per heavy atom. The van der Waals surface area contributed by atoms with Crippen LogP contribution in [0.15, 0.2) is 40.5 Å². The summed E-state index contributed by atoms with van der Waals surface area (Å²) in [7, 11) is 0. The fourth-order valence-corrected chi connectivity index (χ4v) is 1.67. The molecule has 0 spiro atoms. The molecule has 2 aliphatic rings. The normalized spacial score (nSPS) is 26.4. The maximum Gasteiger partial charge on any atom is 0.0550 e. The molecule has 0 bridgehead atoms. The highest BCUT2D eigenvalue weighted by molar-refractivity contribution is 7.80. The molecule has 3 heteroatoms. The minimum Gasteiger partial charge on any atom is -0.260 e. The van der Waals surface area contributed by atoms with E-state index in [-0.39, 0.29) is 5.92 Å². The molecule has 0 N–H and O–H groups in total. The predicted molar refractivity (Wildman–Crippen MR) is 55.7 cm³/mol. The van der Waals surface area contributed by atoms with Crippen LogP contribution in [0, 0.1) is 5.92 Å². The Balaban J connectivity index is 2.43. The number of thiocarbonyl (C=S) groups is 1. The zero-order valence-corrected chi connectivity index (χ0v) is 7.77. The first-order valence-corrected chi connectivity index (χ1v) is 4.39. The molecule has 2 rings (SSSR count). The first-order chi connectivity index (χ1) is 5.77. The van der Waals surface area contributed by atoms with E-state index in [9.17, 15) is 0 Å².